The molecule has 2 amide bonds. The molecule has 1 aliphatic heterocycles. The molecule has 2 heterocycles. The molecule has 1 aromatic heterocycles. The SMILES string of the molecule is NNc1ccc(N2C(=O)c3ccccc3C2=O)c(Oc2cc(F)ccc2Cl)n1. The van der Waals surface area contributed by atoms with E-state index in [2.05, 4.69) is 10.4 Å². The highest BCUT2D eigenvalue weighted by molar-refractivity contribution is 6.35. The molecule has 0 radical (unpaired) electrons. The Hall–Kier alpha value is -3.49. The van der Waals surface area contributed by atoms with Gasteiger partial charge in [0, 0.05) is 6.07 Å². The minimum atomic E-state index is -0.574. The third-order valence-corrected chi connectivity index (χ3v) is 4.44. The maximum Gasteiger partial charge on any atom is 0.266 e. The summed E-state index contributed by atoms with van der Waals surface area (Å²) >= 11 is 6.05. The van der Waals surface area contributed by atoms with Crippen molar-refractivity contribution in [3.05, 3.63) is 76.6 Å². The van der Waals surface area contributed by atoms with Crippen LogP contribution in [0.4, 0.5) is 15.9 Å². The van der Waals surface area contributed by atoms with Crippen molar-refractivity contribution in [2.75, 3.05) is 10.3 Å². The second kappa shape index (κ2) is 6.91. The molecule has 1 aliphatic rings. The Labute approximate surface area is 163 Å². The number of hydrogen-bond acceptors (Lipinski definition) is 6. The summed E-state index contributed by atoms with van der Waals surface area (Å²) in [5.41, 5.74) is 2.96. The largest absolute Gasteiger partial charge is 0.435 e. The smallest absolute Gasteiger partial charge is 0.266 e. The molecule has 3 aromatic rings. The lowest BCUT2D eigenvalue weighted by atomic mass is 10.1. The van der Waals surface area contributed by atoms with Crippen LogP contribution in [0.3, 0.4) is 0 Å². The van der Waals surface area contributed by atoms with E-state index in [1.54, 1.807) is 24.3 Å². The van der Waals surface area contributed by atoms with Crippen LogP contribution < -0.4 is 20.9 Å². The van der Waals surface area contributed by atoms with Gasteiger partial charge < -0.3 is 10.2 Å². The summed E-state index contributed by atoms with van der Waals surface area (Å²) in [6.07, 6.45) is 0. The zero-order chi connectivity index (χ0) is 19.8. The fourth-order valence-corrected chi connectivity index (χ4v) is 2.98. The van der Waals surface area contributed by atoms with Gasteiger partial charge in [0.05, 0.1) is 16.1 Å². The van der Waals surface area contributed by atoms with Crippen molar-refractivity contribution in [2.45, 2.75) is 0 Å². The van der Waals surface area contributed by atoms with Crippen LogP contribution in [0.25, 0.3) is 0 Å². The van der Waals surface area contributed by atoms with Gasteiger partial charge in [0.15, 0.2) is 5.75 Å². The third kappa shape index (κ3) is 2.94. The number of carbonyl (C=O) groups excluding carboxylic acids is 2. The molecule has 9 heteroatoms. The summed E-state index contributed by atoms with van der Waals surface area (Å²) in [5.74, 6) is 3.82. The molecule has 2 aromatic carbocycles. The van der Waals surface area contributed by atoms with E-state index in [0.717, 1.165) is 11.0 Å². The zero-order valence-corrected chi connectivity index (χ0v) is 14.9. The van der Waals surface area contributed by atoms with Crippen LogP contribution in [0.5, 0.6) is 11.6 Å². The second-order valence-electron chi connectivity index (χ2n) is 5.83. The molecule has 7 nitrogen and oxygen atoms in total. The van der Waals surface area contributed by atoms with E-state index < -0.39 is 17.6 Å². The van der Waals surface area contributed by atoms with Gasteiger partial charge in [0.2, 0.25) is 5.88 Å². The number of ether oxygens (including phenoxy) is 1. The van der Waals surface area contributed by atoms with Crippen molar-refractivity contribution >= 4 is 34.9 Å². The third-order valence-electron chi connectivity index (χ3n) is 4.12. The van der Waals surface area contributed by atoms with Gasteiger partial charge >= 0.3 is 0 Å². The normalized spacial score (nSPS) is 12.9. The molecular weight excluding hydrogens is 387 g/mol. The first-order chi connectivity index (χ1) is 13.5. The van der Waals surface area contributed by atoms with E-state index in [9.17, 15) is 14.0 Å². The van der Waals surface area contributed by atoms with E-state index in [1.165, 1.54) is 24.3 Å². The van der Waals surface area contributed by atoms with Crippen molar-refractivity contribution in [1.82, 2.24) is 4.98 Å². The fourth-order valence-electron chi connectivity index (χ4n) is 2.83. The molecule has 0 bridgehead atoms. The first kappa shape index (κ1) is 17.9. The number of hydrazine groups is 1. The molecule has 28 heavy (non-hydrogen) atoms. The predicted molar refractivity (Wildman–Crippen MR) is 101 cm³/mol. The number of carbonyl (C=O) groups is 2. The van der Waals surface area contributed by atoms with Crippen LogP contribution in [0.15, 0.2) is 54.6 Å². The highest BCUT2D eigenvalue weighted by Crippen LogP contribution is 2.38. The number of nitrogens with two attached hydrogens (primary N) is 1. The minimum Gasteiger partial charge on any atom is -0.435 e. The number of aromatic nitrogens is 1. The van der Waals surface area contributed by atoms with Crippen molar-refractivity contribution < 1.29 is 18.7 Å². The number of benzene rings is 2. The number of imide groups is 1. The van der Waals surface area contributed by atoms with Crippen LogP contribution in [0.2, 0.25) is 5.02 Å². The lowest BCUT2D eigenvalue weighted by Crippen LogP contribution is -2.30. The first-order valence-corrected chi connectivity index (χ1v) is 8.46. The molecule has 0 saturated heterocycles. The molecule has 4 rings (SSSR count). The number of anilines is 2. The minimum absolute atomic E-state index is 0.0267. The average molecular weight is 399 g/mol. The molecule has 0 unspecified atom stereocenters. The van der Waals surface area contributed by atoms with Gasteiger partial charge in [-0.1, -0.05) is 23.7 Å². The summed E-state index contributed by atoms with van der Waals surface area (Å²) in [6.45, 7) is 0. The molecule has 0 saturated carbocycles. The number of nitrogen functional groups attached to an aromatic ring is 1. The molecule has 0 atom stereocenters. The maximum atomic E-state index is 13.6. The van der Waals surface area contributed by atoms with E-state index in [4.69, 9.17) is 22.2 Å². The number of nitrogens with zero attached hydrogens (tertiary/aromatic N) is 2. The molecule has 140 valence electrons. The fraction of sp³-hybridized carbons (Fsp3) is 0. The summed E-state index contributed by atoms with van der Waals surface area (Å²) in [7, 11) is 0. The van der Waals surface area contributed by atoms with Gasteiger partial charge in [0.25, 0.3) is 11.8 Å². The molecule has 0 aliphatic carbocycles. The van der Waals surface area contributed by atoms with Crippen LogP contribution in [0.1, 0.15) is 20.7 Å². The highest BCUT2D eigenvalue weighted by atomic mass is 35.5. The van der Waals surface area contributed by atoms with Crippen molar-refractivity contribution in [3.8, 4) is 11.6 Å². The number of halogens is 2. The molecule has 3 N–H and O–H groups in total. The van der Waals surface area contributed by atoms with E-state index in [-0.39, 0.29) is 39.3 Å². The molecule has 0 fully saturated rings. The van der Waals surface area contributed by atoms with Crippen LogP contribution in [-0.4, -0.2) is 16.8 Å². The summed E-state index contributed by atoms with van der Waals surface area (Å²) in [6, 6.07) is 12.9. The number of fused-ring (bicyclic) bond motifs is 1. The van der Waals surface area contributed by atoms with Gasteiger partial charge in [-0.25, -0.2) is 15.1 Å². The maximum absolute atomic E-state index is 13.6. The Balaban J connectivity index is 1.81. The number of rotatable bonds is 4. The standard InChI is InChI=1S/C19H12ClFN4O3/c20-13-6-5-10(21)9-15(13)28-17-14(7-8-16(23-17)24-22)25-18(26)11-3-1-2-4-12(11)19(25)27/h1-9H,22H2,(H,23,24). The van der Waals surface area contributed by atoms with Crippen LogP contribution >= 0.6 is 11.6 Å². The van der Waals surface area contributed by atoms with Crippen molar-refractivity contribution in [2.24, 2.45) is 5.84 Å². The van der Waals surface area contributed by atoms with Gasteiger partial charge in [-0.2, -0.15) is 4.98 Å². The van der Waals surface area contributed by atoms with Gasteiger partial charge in [0.1, 0.15) is 17.3 Å². The summed E-state index contributed by atoms with van der Waals surface area (Å²) < 4.78 is 19.2. The molecule has 0 spiro atoms. The van der Waals surface area contributed by atoms with E-state index in [1.807, 2.05) is 0 Å². The molecular formula is C19H12ClFN4O3. The Morgan fingerprint density at radius 1 is 1.04 bits per heavy atom. The lowest BCUT2D eigenvalue weighted by molar-refractivity contribution is 0.0925. The highest BCUT2D eigenvalue weighted by Gasteiger charge is 2.38. The number of amides is 2. The topological polar surface area (TPSA) is 97.6 Å². The van der Waals surface area contributed by atoms with Gasteiger partial charge in [-0.3, -0.25) is 9.59 Å². The average Bonchev–Trinajstić information content (AvgIpc) is 2.95. The Bertz CT molecular complexity index is 1090. The summed E-state index contributed by atoms with van der Waals surface area (Å²) in [4.78, 5) is 30.7. The quantitative estimate of drug-likeness (QED) is 0.394. The zero-order valence-electron chi connectivity index (χ0n) is 14.1. The summed E-state index contributed by atoms with van der Waals surface area (Å²) in [5, 5.41) is 0.127. The van der Waals surface area contributed by atoms with Crippen molar-refractivity contribution in [3.63, 3.8) is 0 Å². The van der Waals surface area contributed by atoms with Crippen LogP contribution in [-0.2, 0) is 0 Å². The Morgan fingerprint density at radius 2 is 1.71 bits per heavy atom. The van der Waals surface area contributed by atoms with Gasteiger partial charge in [-0.05, 0) is 36.4 Å². The van der Waals surface area contributed by atoms with Crippen molar-refractivity contribution in [1.29, 1.82) is 0 Å². The van der Waals surface area contributed by atoms with E-state index >= 15 is 0 Å². The monoisotopic (exact) mass is 398 g/mol. The number of hydrogen-bond donors (Lipinski definition) is 2. The van der Waals surface area contributed by atoms with Gasteiger partial charge in [-0.15, -0.1) is 0 Å². The Kier molecular flexibility index (Phi) is 4.42. The van der Waals surface area contributed by atoms with Crippen LogP contribution in [0, 0.1) is 5.82 Å². The number of pyridine rings is 1. The Morgan fingerprint density at radius 3 is 2.36 bits per heavy atom. The van der Waals surface area contributed by atoms with E-state index in [0.29, 0.717) is 0 Å². The lowest BCUT2D eigenvalue weighted by Gasteiger charge is -2.18. The number of nitrogens with one attached hydrogen (secondary N) is 1. The first-order valence-electron chi connectivity index (χ1n) is 8.08. The second-order valence-corrected chi connectivity index (χ2v) is 6.24. The predicted octanol–water partition coefficient (Wildman–Crippen LogP) is 3.75.